The molecule has 0 atom stereocenters. The topological polar surface area (TPSA) is 17.1 Å². The molecule has 17 heavy (non-hydrogen) atoms. The summed E-state index contributed by atoms with van der Waals surface area (Å²) >= 11 is 0. The van der Waals surface area contributed by atoms with Gasteiger partial charge in [-0.2, -0.15) is 0 Å². The van der Waals surface area contributed by atoms with E-state index < -0.39 is 0 Å². The molecule has 1 aliphatic carbocycles. The summed E-state index contributed by atoms with van der Waals surface area (Å²) in [6, 6.07) is 10.4. The highest BCUT2D eigenvalue weighted by Crippen LogP contribution is 2.28. The van der Waals surface area contributed by atoms with Crippen LogP contribution in [0.5, 0.6) is 0 Å². The molecule has 86 valence electrons. The summed E-state index contributed by atoms with van der Waals surface area (Å²) < 4.78 is 0. The number of benzene rings is 1. The van der Waals surface area contributed by atoms with E-state index in [1.54, 1.807) is 0 Å². The molecule has 0 saturated heterocycles. The Hall–Kier alpha value is -1.89. The fourth-order valence-corrected chi connectivity index (χ4v) is 2.11. The van der Waals surface area contributed by atoms with Crippen LogP contribution in [0.25, 0.3) is 5.57 Å². The van der Waals surface area contributed by atoms with Crippen LogP contribution in [0.3, 0.4) is 0 Å². The highest BCUT2D eigenvalue weighted by Gasteiger charge is 2.08. The van der Waals surface area contributed by atoms with Gasteiger partial charge in [-0.1, -0.05) is 49.4 Å². The van der Waals surface area contributed by atoms with Crippen LogP contribution < -0.4 is 0 Å². The Labute approximate surface area is 102 Å². The van der Waals surface area contributed by atoms with Crippen molar-refractivity contribution in [2.45, 2.75) is 19.8 Å². The van der Waals surface area contributed by atoms with Gasteiger partial charge in [0.15, 0.2) is 0 Å². The second kappa shape index (κ2) is 5.44. The number of allylic oxidation sites excluding steroid dienone is 6. The normalized spacial score (nSPS) is 15.5. The lowest BCUT2D eigenvalue weighted by atomic mass is 9.96. The third-order valence-corrected chi connectivity index (χ3v) is 3.00. The van der Waals surface area contributed by atoms with E-state index in [9.17, 15) is 4.79 Å². The van der Waals surface area contributed by atoms with E-state index in [-0.39, 0.29) is 0 Å². The predicted octanol–water partition coefficient (Wildman–Crippen LogP) is 3.94. The third-order valence-electron chi connectivity index (χ3n) is 3.00. The molecule has 0 aromatic heterocycles. The van der Waals surface area contributed by atoms with Gasteiger partial charge in [0.1, 0.15) is 6.29 Å². The molecule has 0 radical (unpaired) electrons. The van der Waals surface area contributed by atoms with E-state index >= 15 is 0 Å². The molecule has 2 rings (SSSR count). The highest BCUT2D eigenvalue weighted by atomic mass is 16.1. The predicted molar refractivity (Wildman–Crippen MR) is 71.6 cm³/mol. The maximum absolute atomic E-state index is 10.9. The van der Waals surface area contributed by atoms with Crippen LogP contribution in [0.1, 0.15) is 25.3 Å². The number of hydrogen-bond donors (Lipinski definition) is 0. The van der Waals surface area contributed by atoms with Crippen molar-refractivity contribution in [1.29, 1.82) is 0 Å². The Morgan fingerprint density at radius 3 is 2.65 bits per heavy atom. The molecule has 0 bridgehead atoms. The van der Waals surface area contributed by atoms with Crippen LogP contribution in [-0.4, -0.2) is 6.29 Å². The molecule has 0 N–H and O–H groups in total. The molecule has 0 unspecified atom stereocenters. The first-order valence-electron chi connectivity index (χ1n) is 5.96. The number of hydrogen-bond acceptors (Lipinski definition) is 1. The molecule has 0 heterocycles. The van der Waals surface area contributed by atoms with Crippen molar-refractivity contribution < 1.29 is 4.79 Å². The monoisotopic (exact) mass is 224 g/mol. The smallest absolute Gasteiger partial charge is 0.150 e. The molecule has 0 spiro atoms. The summed E-state index contributed by atoms with van der Waals surface area (Å²) in [4.78, 5) is 10.9. The molecule has 0 fully saturated rings. The first kappa shape index (κ1) is 11.6. The average Bonchev–Trinajstić information content (AvgIpc) is 2.61. The molecule has 0 aliphatic heterocycles. The number of carbonyl (C=O) groups excluding carboxylic acids is 1. The summed E-state index contributed by atoms with van der Waals surface area (Å²) in [5.74, 6) is 0. The summed E-state index contributed by atoms with van der Waals surface area (Å²) in [6.07, 6.45) is 8.72. The average molecular weight is 224 g/mol. The maximum Gasteiger partial charge on any atom is 0.150 e. The van der Waals surface area contributed by atoms with Crippen LogP contribution in [-0.2, 0) is 4.79 Å². The van der Waals surface area contributed by atoms with Gasteiger partial charge >= 0.3 is 0 Å². The van der Waals surface area contributed by atoms with Crippen molar-refractivity contribution >= 4 is 11.9 Å². The summed E-state index contributed by atoms with van der Waals surface area (Å²) in [6.45, 7) is 2.13. The fraction of sp³-hybridized carbons (Fsp3) is 0.188. The third kappa shape index (κ3) is 2.62. The van der Waals surface area contributed by atoms with E-state index in [2.05, 4.69) is 37.3 Å². The second-order valence-electron chi connectivity index (χ2n) is 4.09. The quantitative estimate of drug-likeness (QED) is 0.711. The summed E-state index contributed by atoms with van der Waals surface area (Å²) in [7, 11) is 0. The van der Waals surface area contributed by atoms with Gasteiger partial charge in [-0.15, -0.1) is 0 Å². The zero-order chi connectivity index (χ0) is 12.1. The van der Waals surface area contributed by atoms with Crippen molar-refractivity contribution in [1.82, 2.24) is 0 Å². The zero-order valence-corrected chi connectivity index (χ0v) is 10.0. The zero-order valence-electron chi connectivity index (χ0n) is 10.0. The molecule has 1 heteroatoms. The van der Waals surface area contributed by atoms with Gasteiger partial charge < -0.3 is 0 Å². The molecular formula is C16H16O. The van der Waals surface area contributed by atoms with E-state index in [0.29, 0.717) is 0 Å². The Morgan fingerprint density at radius 2 is 2.00 bits per heavy atom. The van der Waals surface area contributed by atoms with E-state index in [1.807, 2.05) is 18.2 Å². The van der Waals surface area contributed by atoms with Crippen molar-refractivity contribution in [3.05, 3.63) is 65.3 Å². The molecule has 1 aliphatic rings. The SMILES string of the molecule is CCC1=C(c2ccccc2)CC=CC(C=O)=C1. The van der Waals surface area contributed by atoms with Gasteiger partial charge in [0.25, 0.3) is 0 Å². The Morgan fingerprint density at radius 1 is 1.24 bits per heavy atom. The van der Waals surface area contributed by atoms with Gasteiger partial charge in [0, 0.05) is 5.57 Å². The summed E-state index contributed by atoms with van der Waals surface area (Å²) in [5, 5.41) is 0. The summed E-state index contributed by atoms with van der Waals surface area (Å²) in [5.41, 5.74) is 4.58. The van der Waals surface area contributed by atoms with Crippen molar-refractivity contribution in [3.63, 3.8) is 0 Å². The minimum atomic E-state index is 0.757. The van der Waals surface area contributed by atoms with E-state index in [0.717, 1.165) is 24.7 Å². The van der Waals surface area contributed by atoms with Crippen molar-refractivity contribution in [3.8, 4) is 0 Å². The lowest BCUT2D eigenvalue weighted by Gasteiger charge is -2.09. The molecule has 1 nitrogen and oxygen atoms in total. The molecular weight excluding hydrogens is 208 g/mol. The standard InChI is InChI=1S/C16H16O/c1-2-14-11-13(12-17)7-6-10-16(14)15-8-4-3-5-9-15/h3-9,11-12H,2,10H2,1H3. The van der Waals surface area contributed by atoms with Gasteiger partial charge in [-0.05, 0) is 35.6 Å². The Balaban J connectivity index is 2.50. The minimum Gasteiger partial charge on any atom is -0.298 e. The Kier molecular flexibility index (Phi) is 3.71. The van der Waals surface area contributed by atoms with Crippen LogP contribution in [0, 0.1) is 0 Å². The van der Waals surface area contributed by atoms with Gasteiger partial charge in [0.2, 0.25) is 0 Å². The van der Waals surface area contributed by atoms with Crippen LogP contribution in [0.4, 0.5) is 0 Å². The van der Waals surface area contributed by atoms with Crippen molar-refractivity contribution in [2.24, 2.45) is 0 Å². The van der Waals surface area contributed by atoms with Crippen molar-refractivity contribution in [2.75, 3.05) is 0 Å². The van der Waals surface area contributed by atoms with Crippen LogP contribution >= 0.6 is 0 Å². The van der Waals surface area contributed by atoms with Gasteiger partial charge in [0.05, 0.1) is 0 Å². The van der Waals surface area contributed by atoms with E-state index in [1.165, 1.54) is 16.7 Å². The lowest BCUT2D eigenvalue weighted by Crippen LogP contribution is -1.88. The number of carbonyl (C=O) groups is 1. The molecule has 1 aromatic rings. The fourth-order valence-electron chi connectivity index (χ4n) is 2.11. The first-order valence-corrected chi connectivity index (χ1v) is 5.96. The van der Waals surface area contributed by atoms with E-state index in [4.69, 9.17) is 0 Å². The lowest BCUT2D eigenvalue weighted by molar-refractivity contribution is -0.104. The molecule has 0 saturated carbocycles. The van der Waals surface area contributed by atoms with Crippen LogP contribution in [0.15, 0.2) is 59.7 Å². The minimum absolute atomic E-state index is 0.757. The highest BCUT2D eigenvalue weighted by molar-refractivity contribution is 5.82. The largest absolute Gasteiger partial charge is 0.298 e. The second-order valence-corrected chi connectivity index (χ2v) is 4.09. The first-order chi connectivity index (χ1) is 8.35. The number of aldehydes is 1. The molecule has 1 aromatic carbocycles. The van der Waals surface area contributed by atoms with Crippen LogP contribution in [0.2, 0.25) is 0 Å². The number of rotatable bonds is 3. The van der Waals surface area contributed by atoms with Gasteiger partial charge in [-0.3, -0.25) is 4.79 Å². The Bertz CT molecular complexity index is 490. The molecule has 0 amide bonds. The maximum atomic E-state index is 10.9. The van der Waals surface area contributed by atoms with Gasteiger partial charge in [-0.25, -0.2) is 0 Å².